The highest BCUT2D eigenvalue weighted by Gasteiger charge is 2.14. The van der Waals surface area contributed by atoms with Crippen LogP contribution in [0.3, 0.4) is 0 Å². The maximum absolute atomic E-state index is 11.5. The van der Waals surface area contributed by atoms with Crippen molar-refractivity contribution in [3.63, 3.8) is 0 Å². The van der Waals surface area contributed by atoms with Gasteiger partial charge in [-0.3, -0.25) is 4.79 Å². The molecule has 2 heterocycles. The third-order valence-electron chi connectivity index (χ3n) is 2.88. The number of amides is 1. The van der Waals surface area contributed by atoms with E-state index in [1.165, 1.54) is 6.42 Å². The molecule has 1 aromatic heterocycles. The first-order valence-electron chi connectivity index (χ1n) is 6.32. The van der Waals surface area contributed by atoms with Gasteiger partial charge in [0.1, 0.15) is 6.61 Å². The van der Waals surface area contributed by atoms with Crippen LogP contribution in [0.2, 0.25) is 0 Å². The first-order valence-corrected chi connectivity index (χ1v) is 7.26. The van der Waals surface area contributed by atoms with E-state index in [-0.39, 0.29) is 18.6 Å². The van der Waals surface area contributed by atoms with Crippen molar-refractivity contribution in [2.75, 3.05) is 19.8 Å². The molecule has 1 atom stereocenters. The lowest BCUT2D eigenvalue weighted by Crippen LogP contribution is -2.30. The van der Waals surface area contributed by atoms with Crippen molar-refractivity contribution in [3.05, 3.63) is 22.4 Å². The number of carbonyl (C=O) groups is 1. The van der Waals surface area contributed by atoms with Gasteiger partial charge in [0.05, 0.1) is 12.7 Å². The summed E-state index contributed by atoms with van der Waals surface area (Å²) in [6.07, 6.45) is 3.54. The summed E-state index contributed by atoms with van der Waals surface area (Å²) in [4.78, 5) is 11.5. The smallest absolute Gasteiger partial charge is 0.246 e. The van der Waals surface area contributed by atoms with E-state index >= 15 is 0 Å². The quantitative estimate of drug-likeness (QED) is 0.858. The standard InChI is InChI=1S/C13H19NO3S/c15-13(14-7-11-4-6-18-10-11)9-16-8-12-3-1-2-5-17-12/h4,6,10,12H,1-3,5,7-9H2,(H,14,15)/t12-/m0/s1. The van der Waals surface area contributed by atoms with Crippen molar-refractivity contribution in [1.82, 2.24) is 5.32 Å². The summed E-state index contributed by atoms with van der Waals surface area (Å²) in [7, 11) is 0. The molecule has 18 heavy (non-hydrogen) atoms. The Kier molecular flexibility index (Phi) is 5.64. The van der Waals surface area contributed by atoms with Crippen molar-refractivity contribution >= 4 is 17.2 Å². The lowest BCUT2D eigenvalue weighted by Gasteiger charge is -2.22. The van der Waals surface area contributed by atoms with Crippen molar-refractivity contribution < 1.29 is 14.3 Å². The van der Waals surface area contributed by atoms with Crippen molar-refractivity contribution in [2.45, 2.75) is 31.9 Å². The van der Waals surface area contributed by atoms with Crippen LogP contribution in [0.25, 0.3) is 0 Å². The van der Waals surface area contributed by atoms with E-state index in [9.17, 15) is 4.79 Å². The summed E-state index contributed by atoms with van der Waals surface area (Å²) in [6, 6.07) is 2.00. The van der Waals surface area contributed by atoms with Crippen molar-refractivity contribution in [2.24, 2.45) is 0 Å². The van der Waals surface area contributed by atoms with Crippen LogP contribution in [0, 0.1) is 0 Å². The fourth-order valence-electron chi connectivity index (χ4n) is 1.87. The summed E-state index contributed by atoms with van der Waals surface area (Å²) in [5.41, 5.74) is 1.13. The Morgan fingerprint density at radius 3 is 3.22 bits per heavy atom. The number of carbonyl (C=O) groups excluding carboxylic acids is 1. The Hall–Kier alpha value is -0.910. The topological polar surface area (TPSA) is 47.6 Å². The van der Waals surface area contributed by atoms with E-state index in [4.69, 9.17) is 9.47 Å². The Morgan fingerprint density at radius 1 is 1.56 bits per heavy atom. The molecule has 0 radical (unpaired) electrons. The van der Waals surface area contributed by atoms with Crippen LogP contribution in [-0.4, -0.2) is 31.8 Å². The van der Waals surface area contributed by atoms with Crippen LogP contribution in [0.15, 0.2) is 16.8 Å². The summed E-state index contributed by atoms with van der Waals surface area (Å²) < 4.78 is 10.9. The monoisotopic (exact) mass is 269 g/mol. The van der Waals surface area contributed by atoms with Gasteiger partial charge in [-0.1, -0.05) is 0 Å². The highest BCUT2D eigenvalue weighted by Crippen LogP contribution is 2.12. The van der Waals surface area contributed by atoms with Gasteiger partial charge in [0.15, 0.2) is 0 Å². The molecular formula is C13H19NO3S. The molecular weight excluding hydrogens is 250 g/mol. The van der Waals surface area contributed by atoms with Gasteiger partial charge < -0.3 is 14.8 Å². The Balaban J connectivity index is 1.54. The molecule has 5 heteroatoms. The second kappa shape index (κ2) is 7.51. The largest absolute Gasteiger partial charge is 0.376 e. The number of rotatable bonds is 6. The van der Waals surface area contributed by atoms with E-state index in [1.807, 2.05) is 16.8 Å². The van der Waals surface area contributed by atoms with E-state index in [1.54, 1.807) is 11.3 Å². The molecule has 0 saturated carbocycles. The highest BCUT2D eigenvalue weighted by atomic mass is 32.1. The summed E-state index contributed by atoms with van der Waals surface area (Å²) in [6.45, 7) is 2.03. The van der Waals surface area contributed by atoms with Crippen molar-refractivity contribution in [1.29, 1.82) is 0 Å². The van der Waals surface area contributed by atoms with Gasteiger partial charge >= 0.3 is 0 Å². The molecule has 0 spiro atoms. The van der Waals surface area contributed by atoms with Gasteiger partial charge in [-0.2, -0.15) is 11.3 Å². The molecule has 0 aromatic carbocycles. The zero-order valence-electron chi connectivity index (χ0n) is 10.4. The van der Waals surface area contributed by atoms with Crippen LogP contribution in [0.1, 0.15) is 24.8 Å². The van der Waals surface area contributed by atoms with Crippen molar-refractivity contribution in [3.8, 4) is 0 Å². The predicted molar refractivity (Wildman–Crippen MR) is 70.6 cm³/mol. The molecule has 0 aliphatic carbocycles. The van der Waals surface area contributed by atoms with E-state index in [2.05, 4.69) is 5.32 Å². The zero-order chi connectivity index (χ0) is 12.6. The fraction of sp³-hybridized carbons (Fsp3) is 0.615. The summed E-state index contributed by atoms with van der Waals surface area (Å²) >= 11 is 1.63. The Morgan fingerprint density at radius 2 is 2.50 bits per heavy atom. The number of ether oxygens (including phenoxy) is 2. The fourth-order valence-corrected chi connectivity index (χ4v) is 2.54. The first-order chi connectivity index (χ1) is 8.84. The molecule has 1 fully saturated rings. The maximum atomic E-state index is 11.5. The number of thiophene rings is 1. The molecule has 100 valence electrons. The van der Waals surface area contributed by atoms with Crippen LogP contribution in [0.5, 0.6) is 0 Å². The van der Waals surface area contributed by atoms with E-state index < -0.39 is 0 Å². The SMILES string of the molecule is O=C(COC[C@@H]1CCCCO1)NCc1ccsc1. The summed E-state index contributed by atoms with van der Waals surface area (Å²) in [5, 5.41) is 6.85. The molecule has 1 saturated heterocycles. The minimum absolute atomic E-state index is 0.0722. The Labute approximate surface area is 111 Å². The highest BCUT2D eigenvalue weighted by molar-refractivity contribution is 7.07. The predicted octanol–water partition coefficient (Wildman–Crippen LogP) is 1.95. The molecule has 2 rings (SSSR count). The van der Waals surface area contributed by atoms with Crippen LogP contribution < -0.4 is 5.32 Å². The van der Waals surface area contributed by atoms with Crippen LogP contribution in [0.4, 0.5) is 0 Å². The minimum atomic E-state index is -0.0722. The van der Waals surface area contributed by atoms with Gasteiger partial charge in [-0.25, -0.2) is 0 Å². The molecule has 1 aliphatic heterocycles. The molecule has 0 bridgehead atoms. The van der Waals surface area contributed by atoms with Gasteiger partial charge in [0.2, 0.25) is 5.91 Å². The second-order valence-electron chi connectivity index (χ2n) is 4.41. The lowest BCUT2D eigenvalue weighted by molar-refractivity contribution is -0.128. The average Bonchev–Trinajstić information content (AvgIpc) is 2.91. The summed E-state index contributed by atoms with van der Waals surface area (Å²) in [5.74, 6) is -0.0722. The van der Waals surface area contributed by atoms with E-state index in [0.29, 0.717) is 13.2 Å². The number of nitrogens with one attached hydrogen (secondary N) is 1. The molecule has 1 N–H and O–H groups in total. The molecule has 1 amide bonds. The lowest BCUT2D eigenvalue weighted by atomic mass is 10.1. The van der Waals surface area contributed by atoms with E-state index in [0.717, 1.165) is 25.0 Å². The maximum Gasteiger partial charge on any atom is 0.246 e. The normalized spacial score (nSPS) is 19.7. The minimum Gasteiger partial charge on any atom is -0.376 e. The second-order valence-corrected chi connectivity index (χ2v) is 5.19. The number of hydrogen-bond acceptors (Lipinski definition) is 4. The molecule has 4 nitrogen and oxygen atoms in total. The van der Waals surface area contributed by atoms with Gasteiger partial charge in [-0.15, -0.1) is 0 Å². The molecule has 1 aromatic rings. The first kappa shape index (κ1) is 13.5. The van der Waals surface area contributed by atoms with Gasteiger partial charge in [0, 0.05) is 13.2 Å². The number of hydrogen-bond donors (Lipinski definition) is 1. The molecule has 1 aliphatic rings. The van der Waals surface area contributed by atoms with Crippen LogP contribution in [-0.2, 0) is 20.8 Å². The third kappa shape index (κ3) is 4.76. The Bertz CT molecular complexity index is 347. The van der Waals surface area contributed by atoms with Crippen LogP contribution >= 0.6 is 11.3 Å². The average molecular weight is 269 g/mol. The van der Waals surface area contributed by atoms with Gasteiger partial charge in [-0.05, 0) is 41.7 Å². The molecule has 0 unspecified atom stereocenters. The zero-order valence-corrected chi connectivity index (χ0v) is 11.2. The third-order valence-corrected chi connectivity index (χ3v) is 3.61. The van der Waals surface area contributed by atoms with Gasteiger partial charge in [0.25, 0.3) is 0 Å².